The molecule has 0 aliphatic heterocycles. The van der Waals surface area contributed by atoms with Crippen LogP contribution in [0.1, 0.15) is 24.3 Å². The highest BCUT2D eigenvalue weighted by molar-refractivity contribution is 9.10. The first kappa shape index (κ1) is 11.7. The fourth-order valence-corrected chi connectivity index (χ4v) is 1.37. The predicted molar refractivity (Wildman–Crippen MR) is 62.3 cm³/mol. The highest BCUT2D eigenvalue weighted by atomic mass is 79.9. The summed E-state index contributed by atoms with van der Waals surface area (Å²) in [6, 6.07) is 3.50. The normalized spacial score (nSPS) is 10.5. The van der Waals surface area contributed by atoms with Gasteiger partial charge in [0.1, 0.15) is 5.69 Å². The summed E-state index contributed by atoms with van der Waals surface area (Å²) >= 11 is 3.25. The molecule has 0 saturated carbocycles. The summed E-state index contributed by atoms with van der Waals surface area (Å²) in [6.45, 7) is 3.50. The van der Waals surface area contributed by atoms with Gasteiger partial charge in [0.25, 0.3) is 5.91 Å². The van der Waals surface area contributed by atoms with E-state index in [0.717, 1.165) is 0 Å². The van der Waals surface area contributed by atoms with Gasteiger partial charge in [0.05, 0.1) is 5.54 Å². The maximum absolute atomic E-state index is 11.7. The van der Waals surface area contributed by atoms with Gasteiger partial charge < -0.3 is 5.32 Å². The van der Waals surface area contributed by atoms with Gasteiger partial charge in [-0.15, -0.1) is 6.42 Å². The molecule has 1 rings (SSSR count). The number of pyridine rings is 1. The van der Waals surface area contributed by atoms with Crippen molar-refractivity contribution in [2.75, 3.05) is 0 Å². The van der Waals surface area contributed by atoms with E-state index in [0.29, 0.717) is 10.2 Å². The third-order valence-electron chi connectivity index (χ3n) is 1.76. The highest BCUT2D eigenvalue weighted by Crippen LogP contribution is 2.14. The molecule has 0 aliphatic rings. The molecule has 1 aromatic heterocycles. The quantitative estimate of drug-likeness (QED) is 0.832. The number of rotatable bonds is 2. The van der Waals surface area contributed by atoms with Crippen LogP contribution in [-0.4, -0.2) is 16.4 Å². The van der Waals surface area contributed by atoms with Crippen molar-refractivity contribution in [2.45, 2.75) is 19.4 Å². The Bertz CT molecular complexity index is 421. The molecular formula is C11H11BrN2O. The third-order valence-corrected chi connectivity index (χ3v) is 2.40. The molecule has 0 aliphatic carbocycles. The van der Waals surface area contributed by atoms with Crippen LogP contribution in [0.4, 0.5) is 0 Å². The Kier molecular flexibility index (Phi) is 3.48. The van der Waals surface area contributed by atoms with E-state index in [1.807, 2.05) is 0 Å². The molecule has 1 heterocycles. The second-order valence-corrected chi connectivity index (χ2v) is 4.41. The zero-order valence-corrected chi connectivity index (χ0v) is 10.1. The standard InChI is InChI=1S/C11H11BrN2O/c1-4-11(2,3)14-10(15)9-8(12)6-5-7-13-9/h1,5-7H,2-3H3,(H,14,15). The molecule has 78 valence electrons. The first-order valence-corrected chi connectivity index (χ1v) is 5.16. The van der Waals surface area contributed by atoms with Crippen LogP contribution in [0.15, 0.2) is 22.8 Å². The molecule has 0 saturated heterocycles. The SMILES string of the molecule is C#CC(C)(C)NC(=O)c1ncccc1Br. The average molecular weight is 267 g/mol. The van der Waals surface area contributed by atoms with Crippen LogP contribution >= 0.6 is 15.9 Å². The van der Waals surface area contributed by atoms with E-state index in [2.05, 4.69) is 32.2 Å². The minimum absolute atomic E-state index is 0.287. The highest BCUT2D eigenvalue weighted by Gasteiger charge is 2.20. The lowest BCUT2D eigenvalue weighted by Crippen LogP contribution is -2.42. The van der Waals surface area contributed by atoms with Gasteiger partial charge in [0.2, 0.25) is 0 Å². The molecule has 0 bridgehead atoms. The minimum atomic E-state index is -0.673. The largest absolute Gasteiger partial charge is 0.335 e. The summed E-state index contributed by atoms with van der Waals surface area (Å²) in [7, 11) is 0. The van der Waals surface area contributed by atoms with E-state index in [-0.39, 0.29) is 5.91 Å². The van der Waals surface area contributed by atoms with Crippen LogP contribution in [0.2, 0.25) is 0 Å². The van der Waals surface area contributed by atoms with Crippen molar-refractivity contribution in [3.63, 3.8) is 0 Å². The summed E-state index contributed by atoms with van der Waals surface area (Å²) in [5.41, 5.74) is -0.338. The van der Waals surface area contributed by atoms with Gasteiger partial charge in [-0.1, -0.05) is 5.92 Å². The zero-order chi connectivity index (χ0) is 11.5. The number of carbonyl (C=O) groups is 1. The number of terminal acetylenes is 1. The predicted octanol–water partition coefficient (Wildman–Crippen LogP) is 1.99. The van der Waals surface area contributed by atoms with Gasteiger partial charge in [0.15, 0.2) is 0 Å². The van der Waals surface area contributed by atoms with E-state index in [9.17, 15) is 4.79 Å². The molecular weight excluding hydrogens is 256 g/mol. The fraction of sp³-hybridized carbons (Fsp3) is 0.273. The lowest BCUT2D eigenvalue weighted by Gasteiger charge is -2.19. The lowest BCUT2D eigenvalue weighted by atomic mass is 10.1. The first-order chi connectivity index (χ1) is 6.96. The molecule has 15 heavy (non-hydrogen) atoms. The summed E-state index contributed by atoms with van der Waals surface area (Å²) in [6.07, 6.45) is 6.83. The van der Waals surface area contributed by atoms with Crippen LogP contribution in [0.5, 0.6) is 0 Å². The first-order valence-electron chi connectivity index (χ1n) is 4.37. The molecule has 4 heteroatoms. The Morgan fingerprint density at radius 1 is 1.67 bits per heavy atom. The number of nitrogens with zero attached hydrogens (tertiary/aromatic N) is 1. The van der Waals surface area contributed by atoms with Gasteiger partial charge in [-0.2, -0.15) is 0 Å². The summed E-state index contributed by atoms with van der Waals surface area (Å²) in [4.78, 5) is 15.7. The number of carbonyl (C=O) groups excluding carboxylic acids is 1. The third kappa shape index (κ3) is 3.07. The van der Waals surface area contributed by atoms with Gasteiger partial charge in [0, 0.05) is 10.7 Å². The molecule has 0 spiro atoms. The van der Waals surface area contributed by atoms with Crippen molar-refractivity contribution in [2.24, 2.45) is 0 Å². The number of hydrogen-bond acceptors (Lipinski definition) is 2. The van der Waals surface area contributed by atoms with Crippen LogP contribution in [0.25, 0.3) is 0 Å². The average Bonchev–Trinajstić information content (AvgIpc) is 2.17. The summed E-state index contributed by atoms with van der Waals surface area (Å²) in [5, 5.41) is 2.70. The number of amides is 1. The number of aromatic nitrogens is 1. The van der Waals surface area contributed by atoms with E-state index in [4.69, 9.17) is 6.42 Å². The fourth-order valence-electron chi connectivity index (χ4n) is 0.932. The topological polar surface area (TPSA) is 42.0 Å². The molecule has 0 unspecified atom stereocenters. The van der Waals surface area contributed by atoms with Crippen molar-refractivity contribution in [3.8, 4) is 12.3 Å². The molecule has 1 amide bonds. The molecule has 1 N–H and O–H groups in total. The zero-order valence-electron chi connectivity index (χ0n) is 8.54. The van der Waals surface area contributed by atoms with Crippen molar-refractivity contribution in [1.82, 2.24) is 10.3 Å². The van der Waals surface area contributed by atoms with Crippen molar-refractivity contribution in [3.05, 3.63) is 28.5 Å². The second-order valence-electron chi connectivity index (χ2n) is 3.56. The van der Waals surface area contributed by atoms with E-state index in [1.165, 1.54) is 0 Å². The minimum Gasteiger partial charge on any atom is -0.335 e. The van der Waals surface area contributed by atoms with Gasteiger partial charge in [-0.25, -0.2) is 4.98 Å². The smallest absolute Gasteiger partial charge is 0.272 e. The van der Waals surface area contributed by atoms with E-state index < -0.39 is 5.54 Å². The molecule has 0 atom stereocenters. The van der Waals surface area contributed by atoms with Crippen molar-refractivity contribution < 1.29 is 4.79 Å². The van der Waals surface area contributed by atoms with Crippen LogP contribution in [-0.2, 0) is 0 Å². The van der Waals surface area contributed by atoms with Crippen LogP contribution in [0.3, 0.4) is 0 Å². The Balaban J connectivity index is 2.89. The monoisotopic (exact) mass is 266 g/mol. The maximum atomic E-state index is 11.7. The van der Waals surface area contributed by atoms with Crippen molar-refractivity contribution >= 4 is 21.8 Å². The maximum Gasteiger partial charge on any atom is 0.272 e. The molecule has 0 aromatic carbocycles. The molecule has 1 aromatic rings. The molecule has 0 fully saturated rings. The Morgan fingerprint density at radius 2 is 2.33 bits per heavy atom. The van der Waals surface area contributed by atoms with Crippen LogP contribution < -0.4 is 5.32 Å². The van der Waals surface area contributed by atoms with Gasteiger partial charge in [-0.05, 0) is 41.9 Å². The van der Waals surface area contributed by atoms with E-state index in [1.54, 1.807) is 32.2 Å². The van der Waals surface area contributed by atoms with Crippen LogP contribution in [0, 0.1) is 12.3 Å². The van der Waals surface area contributed by atoms with Gasteiger partial charge in [-0.3, -0.25) is 4.79 Å². The lowest BCUT2D eigenvalue weighted by molar-refractivity contribution is 0.0924. The second kappa shape index (κ2) is 4.45. The Morgan fingerprint density at radius 3 is 2.87 bits per heavy atom. The summed E-state index contributed by atoms with van der Waals surface area (Å²) < 4.78 is 0.648. The number of hydrogen-bond donors (Lipinski definition) is 1. The van der Waals surface area contributed by atoms with Gasteiger partial charge >= 0.3 is 0 Å². The molecule has 3 nitrogen and oxygen atoms in total. The number of nitrogens with one attached hydrogen (secondary N) is 1. The molecule has 0 radical (unpaired) electrons. The van der Waals surface area contributed by atoms with E-state index >= 15 is 0 Å². The summed E-state index contributed by atoms with van der Waals surface area (Å²) in [5.74, 6) is 2.20. The van der Waals surface area contributed by atoms with Crippen molar-refractivity contribution in [1.29, 1.82) is 0 Å². The Labute approximate surface area is 97.4 Å². The Hall–Kier alpha value is -1.34. The number of halogens is 1.